The van der Waals surface area contributed by atoms with Gasteiger partial charge in [0, 0.05) is 36.2 Å². The number of hydrogen-bond acceptors (Lipinski definition) is 3. The van der Waals surface area contributed by atoms with Crippen LogP contribution in [0.2, 0.25) is 0 Å². The van der Waals surface area contributed by atoms with Gasteiger partial charge in [-0.25, -0.2) is 4.98 Å². The van der Waals surface area contributed by atoms with E-state index in [1.807, 2.05) is 6.07 Å². The van der Waals surface area contributed by atoms with Gasteiger partial charge in [-0.15, -0.1) is 0 Å². The minimum atomic E-state index is -3.25. The van der Waals surface area contributed by atoms with E-state index < -0.39 is 18.3 Å². The fourth-order valence-corrected chi connectivity index (χ4v) is 2.57. The van der Waals surface area contributed by atoms with Crippen molar-refractivity contribution < 1.29 is 18.3 Å². The number of halogens is 3. The lowest BCUT2D eigenvalue weighted by molar-refractivity contribution is -0.159. The van der Waals surface area contributed by atoms with E-state index in [0.29, 0.717) is 38.4 Å². The summed E-state index contributed by atoms with van der Waals surface area (Å²) in [5, 5.41) is 0. The number of nitrogens with zero attached hydrogens (tertiary/aromatic N) is 2. The number of aromatic nitrogens is 1. The number of likely N-dealkylation sites (tertiary alicyclic amines) is 1. The third-order valence-electron chi connectivity index (χ3n) is 3.83. The Morgan fingerprint density at radius 2 is 2.14 bits per heavy atom. The molecule has 1 amide bonds. The number of amides is 1. The molecule has 1 aliphatic heterocycles. The van der Waals surface area contributed by atoms with Gasteiger partial charge in [-0.2, -0.15) is 8.78 Å². The van der Waals surface area contributed by atoms with Crippen LogP contribution in [0.15, 0.2) is 22.8 Å². The lowest BCUT2D eigenvalue weighted by Gasteiger charge is -2.33. The van der Waals surface area contributed by atoms with Crippen LogP contribution in [0.5, 0.6) is 5.88 Å². The largest absolute Gasteiger partial charge is 0.477 e. The Morgan fingerprint density at radius 1 is 1.45 bits per heavy atom. The molecular weight excluding hydrogens is 358 g/mol. The summed E-state index contributed by atoms with van der Waals surface area (Å²) < 4.78 is 33.3. The predicted octanol–water partition coefficient (Wildman–Crippen LogP) is 3.51. The van der Waals surface area contributed by atoms with Crippen molar-refractivity contribution >= 4 is 21.8 Å². The van der Waals surface area contributed by atoms with Crippen LogP contribution in [0.3, 0.4) is 0 Å². The van der Waals surface area contributed by atoms with E-state index in [0.717, 1.165) is 4.47 Å². The van der Waals surface area contributed by atoms with Crippen molar-refractivity contribution in [1.82, 2.24) is 9.88 Å². The summed E-state index contributed by atoms with van der Waals surface area (Å²) in [4.78, 5) is 17.1. The fraction of sp³-hybridized carbons (Fsp3) is 0.600. The zero-order chi connectivity index (χ0) is 16.2. The van der Waals surface area contributed by atoms with E-state index in [-0.39, 0.29) is 5.92 Å². The van der Waals surface area contributed by atoms with Crippen LogP contribution in [0, 0.1) is 5.92 Å². The van der Waals surface area contributed by atoms with Crippen LogP contribution in [0.25, 0.3) is 0 Å². The highest BCUT2D eigenvalue weighted by atomic mass is 79.9. The summed E-state index contributed by atoms with van der Waals surface area (Å²) in [7, 11) is 0. The van der Waals surface area contributed by atoms with Crippen molar-refractivity contribution in [3.05, 3.63) is 22.8 Å². The Kier molecular flexibility index (Phi) is 5.72. The fourth-order valence-electron chi connectivity index (χ4n) is 2.34. The van der Waals surface area contributed by atoms with Crippen LogP contribution >= 0.6 is 15.9 Å². The highest BCUT2D eigenvalue weighted by Gasteiger charge is 2.41. The second kappa shape index (κ2) is 7.35. The van der Waals surface area contributed by atoms with Gasteiger partial charge < -0.3 is 9.64 Å². The third kappa shape index (κ3) is 4.38. The monoisotopic (exact) mass is 376 g/mol. The van der Waals surface area contributed by atoms with E-state index in [2.05, 4.69) is 20.9 Å². The van der Waals surface area contributed by atoms with Crippen molar-refractivity contribution in [2.45, 2.75) is 32.1 Å². The second-order valence-corrected chi connectivity index (χ2v) is 6.33. The molecule has 4 nitrogen and oxygen atoms in total. The third-order valence-corrected chi connectivity index (χ3v) is 4.29. The maximum absolute atomic E-state index is 13.4. The van der Waals surface area contributed by atoms with Gasteiger partial charge in [-0.05, 0) is 40.8 Å². The van der Waals surface area contributed by atoms with Crippen molar-refractivity contribution in [1.29, 1.82) is 0 Å². The number of rotatable bonds is 5. The molecule has 1 fully saturated rings. The van der Waals surface area contributed by atoms with Crippen LogP contribution in [0.1, 0.15) is 26.2 Å². The topological polar surface area (TPSA) is 42.4 Å². The molecule has 0 spiro atoms. The quantitative estimate of drug-likeness (QED) is 0.789. The molecule has 0 N–H and O–H groups in total. The molecule has 122 valence electrons. The van der Waals surface area contributed by atoms with E-state index in [9.17, 15) is 13.6 Å². The van der Waals surface area contributed by atoms with Crippen LogP contribution in [-0.4, -0.2) is 41.4 Å². The number of pyridine rings is 1. The summed E-state index contributed by atoms with van der Waals surface area (Å²) in [6.07, 6.45) is 2.54. The molecule has 1 aliphatic rings. The number of ether oxygens (including phenoxy) is 1. The molecule has 1 aromatic heterocycles. The molecule has 1 aromatic rings. The van der Waals surface area contributed by atoms with Crippen molar-refractivity contribution in [3.8, 4) is 5.88 Å². The number of piperidine rings is 1. The smallest absolute Gasteiger partial charge is 0.324 e. The standard InChI is InChI=1S/C15H19BrF2N2O2/c1-2-15(17,18)14(21)20-7-5-11(6-8-20)10-22-13-4-3-12(16)9-19-13/h3-4,9,11H,2,5-8,10H2,1H3. The van der Waals surface area contributed by atoms with Gasteiger partial charge in [0.05, 0.1) is 6.61 Å². The zero-order valence-electron chi connectivity index (χ0n) is 12.4. The van der Waals surface area contributed by atoms with Crippen molar-refractivity contribution in [2.24, 2.45) is 5.92 Å². The summed E-state index contributed by atoms with van der Waals surface area (Å²) in [5.74, 6) is -3.50. The van der Waals surface area contributed by atoms with E-state index >= 15 is 0 Å². The zero-order valence-corrected chi connectivity index (χ0v) is 14.0. The maximum Gasteiger partial charge on any atom is 0.324 e. The van der Waals surface area contributed by atoms with Gasteiger partial charge in [0.15, 0.2) is 0 Å². The van der Waals surface area contributed by atoms with Crippen LogP contribution in [-0.2, 0) is 4.79 Å². The van der Waals surface area contributed by atoms with E-state index in [1.165, 1.54) is 11.8 Å². The molecule has 7 heteroatoms. The molecule has 0 atom stereocenters. The SMILES string of the molecule is CCC(F)(F)C(=O)N1CCC(COc2ccc(Br)cn2)CC1. The molecule has 0 aromatic carbocycles. The normalized spacial score (nSPS) is 16.6. The van der Waals surface area contributed by atoms with Gasteiger partial charge in [0.1, 0.15) is 0 Å². The minimum absolute atomic E-state index is 0.254. The van der Waals surface area contributed by atoms with Gasteiger partial charge in [-0.1, -0.05) is 6.92 Å². The first-order chi connectivity index (χ1) is 10.4. The molecule has 0 aliphatic carbocycles. The van der Waals surface area contributed by atoms with Crippen LogP contribution < -0.4 is 4.74 Å². The molecule has 0 bridgehead atoms. The Bertz CT molecular complexity index is 503. The van der Waals surface area contributed by atoms with Crippen molar-refractivity contribution in [2.75, 3.05) is 19.7 Å². The predicted molar refractivity (Wildman–Crippen MR) is 82.0 cm³/mol. The summed E-state index contributed by atoms with van der Waals surface area (Å²) in [6.45, 7) is 2.52. The summed E-state index contributed by atoms with van der Waals surface area (Å²) >= 11 is 3.30. The van der Waals surface area contributed by atoms with Gasteiger partial charge >= 0.3 is 5.92 Å². The van der Waals surface area contributed by atoms with Crippen molar-refractivity contribution in [3.63, 3.8) is 0 Å². The first-order valence-electron chi connectivity index (χ1n) is 7.34. The highest BCUT2D eigenvalue weighted by molar-refractivity contribution is 9.10. The Labute approximate surface area is 137 Å². The summed E-state index contributed by atoms with van der Waals surface area (Å²) in [6, 6.07) is 3.61. The second-order valence-electron chi connectivity index (χ2n) is 5.42. The van der Waals surface area contributed by atoms with E-state index in [1.54, 1.807) is 12.3 Å². The molecule has 1 saturated heterocycles. The Hall–Kier alpha value is -1.24. The number of alkyl halides is 2. The number of hydrogen-bond donors (Lipinski definition) is 0. The lowest BCUT2D eigenvalue weighted by Crippen LogP contribution is -2.47. The summed E-state index contributed by atoms with van der Waals surface area (Å²) in [5.41, 5.74) is 0. The molecule has 2 heterocycles. The first kappa shape index (κ1) is 17.1. The molecule has 0 unspecified atom stereocenters. The number of carbonyl (C=O) groups is 1. The van der Waals surface area contributed by atoms with Gasteiger partial charge in [0.25, 0.3) is 5.91 Å². The molecule has 0 radical (unpaired) electrons. The maximum atomic E-state index is 13.4. The molecule has 22 heavy (non-hydrogen) atoms. The lowest BCUT2D eigenvalue weighted by atomic mass is 9.97. The average Bonchev–Trinajstić information content (AvgIpc) is 2.54. The molecule has 2 rings (SSSR count). The van der Waals surface area contributed by atoms with E-state index in [4.69, 9.17) is 4.74 Å². The Balaban J connectivity index is 1.77. The first-order valence-corrected chi connectivity index (χ1v) is 8.13. The van der Waals surface area contributed by atoms with Gasteiger partial charge in [0.2, 0.25) is 5.88 Å². The highest BCUT2D eigenvalue weighted by Crippen LogP contribution is 2.25. The molecule has 0 saturated carbocycles. The minimum Gasteiger partial charge on any atom is -0.477 e. The Morgan fingerprint density at radius 3 is 2.68 bits per heavy atom. The number of carbonyl (C=O) groups excluding carboxylic acids is 1. The van der Waals surface area contributed by atoms with Crippen LogP contribution in [0.4, 0.5) is 8.78 Å². The average molecular weight is 377 g/mol. The molecular formula is C15H19BrF2N2O2. The van der Waals surface area contributed by atoms with Gasteiger partial charge in [-0.3, -0.25) is 4.79 Å².